The van der Waals surface area contributed by atoms with Crippen LogP contribution in [0.5, 0.6) is 17.2 Å². The fraction of sp³-hybridized carbons (Fsp3) is 0.333. The highest BCUT2D eigenvalue weighted by molar-refractivity contribution is 5.55. The summed E-state index contributed by atoms with van der Waals surface area (Å²) in [6, 6.07) is 13.5. The highest BCUT2D eigenvalue weighted by Gasteiger charge is 2.09. The van der Waals surface area contributed by atoms with Crippen LogP contribution in [0.3, 0.4) is 0 Å². The lowest BCUT2D eigenvalue weighted by molar-refractivity contribution is 0.104. The number of aliphatic hydroxyl groups is 1. The number of aliphatic hydroxyl groups excluding tert-OH is 1. The molecular weight excluding hydrogens is 330 g/mol. The molecule has 2 aromatic rings. The molecule has 0 aromatic heterocycles. The maximum atomic E-state index is 10.1. The van der Waals surface area contributed by atoms with Crippen molar-refractivity contribution in [3.05, 3.63) is 59.7 Å². The van der Waals surface area contributed by atoms with Crippen LogP contribution in [0, 0.1) is 0 Å². The van der Waals surface area contributed by atoms with E-state index in [1.54, 1.807) is 14.2 Å². The van der Waals surface area contributed by atoms with Gasteiger partial charge in [0.05, 0.1) is 14.2 Å². The fourth-order valence-corrected chi connectivity index (χ4v) is 2.47. The largest absolute Gasteiger partial charge is 0.497 e. The first-order valence-corrected chi connectivity index (χ1v) is 8.61. The molecule has 0 amide bonds. The lowest BCUT2D eigenvalue weighted by Gasteiger charge is -2.15. The van der Waals surface area contributed by atoms with E-state index in [2.05, 4.69) is 5.32 Å². The van der Waals surface area contributed by atoms with Gasteiger partial charge in [0.25, 0.3) is 0 Å². The first-order valence-electron chi connectivity index (χ1n) is 8.61. The molecule has 26 heavy (non-hydrogen) atoms. The van der Waals surface area contributed by atoms with Crippen molar-refractivity contribution in [2.75, 3.05) is 27.4 Å². The second-order valence-electron chi connectivity index (χ2n) is 5.85. The Labute approximate surface area is 155 Å². The van der Waals surface area contributed by atoms with Crippen LogP contribution in [0.15, 0.2) is 48.5 Å². The van der Waals surface area contributed by atoms with Crippen LogP contribution < -0.4 is 19.5 Å². The molecule has 2 aromatic carbocycles. The lowest BCUT2D eigenvalue weighted by atomic mass is 10.2. The van der Waals surface area contributed by atoms with Crippen LogP contribution in [0.4, 0.5) is 0 Å². The average molecular weight is 357 g/mol. The van der Waals surface area contributed by atoms with Crippen molar-refractivity contribution < 1.29 is 19.3 Å². The van der Waals surface area contributed by atoms with Crippen molar-refractivity contribution in [3.63, 3.8) is 0 Å². The zero-order valence-electron chi connectivity index (χ0n) is 15.6. The number of methoxy groups -OCH3 is 2. The van der Waals surface area contributed by atoms with Crippen molar-refractivity contribution in [1.29, 1.82) is 0 Å². The first kappa shape index (κ1) is 19.8. The van der Waals surface area contributed by atoms with Gasteiger partial charge in [-0.15, -0.1) is 0 Å². The Balaban J connectivity index is 1.78. The normalized spacial score (nSPS) is 12.2. The molecule has 5 heteroatoms. The van der Waals surface area contributed by atoms with Crippen LogP contribution in [-0.4, -0.2) is 38.6 Å². The van der Waals surface area contributed by atoms with E-state index < -0.39 is 6.10 Å². The van der Waals surface area contributed by atoms with E-state index in [1.165, 1.54) is 0 Å². The van der Waals surface area contributed by atoms with Gasteiger partial charge in [-0.1, -0.05) is 30.4 Å². The molecule has 140 valence electrons. The monoisotopic (exact) mass is 357 g/mol. The number of hydrogen-bond acceptors (Lipinski definition) is 5. The van der Waals surface area contributed by atoms with Gasteiger partial charge in [-0.2, -0.15) is 0 Å². The van der Waals surface area contributed by atoms with Gasteiger partial charge in [-0.3, -0.25) is 0 Å². The first-order chi connectivity index (χ1) is 12.7. The van der Waals surface area contributed by atoms with Gasteiger partial charge in [0, 0.05) is 13.1 Å². The fourth-order valence-electron chi connectivity index (χ4n) is 2.47. The number of ether oxygens (including phenoxy) is 3. The topological polar surface area (TPSA) is 60.0 Å². The molecule has 0 aliphatic carbocycles. The number of allylic oxidation sites excluding steroid dienone is 1. The van der Waals surface area contributed by atoms with E-state index in [-0.39, 0.29) is 6.61 Å². The average Bonchev–Trinajstić information content (AvgIpc) is 2.67. The smallest absolute Gasteiger partial charge is 0.161 e. The molecule has 2 rings (SSSR count). The summed E-state index contributed by atoms with van der Waals surface area (Å²) in [5, 5.41) is 13.3. The van der Waals surface area contributed by atoms with Crippen molar-refractivity contribution in [2.45, 2.75) is 19.6 Å². The molecule has 0 fully saturated rings. The van der Waals surface area contributed by atoms with E-state index in [0.717, 1.165) is 16.9 Å². The summed E-state index contributed by atoms with van der Waals surface area (Å²) < 4.78 is 16.2. The predicted octanol–water partition coefficient (Wildman–Crippen LogP) is 3.27. The molecular formula is C21H27NO4. The Morgan fingerprint density at radius 2 is 1.81 bits per heavy atom. The summed E-state index contributed by atoms with van der Waals surface area (Å²) >= 11 is 0. The second kappa shape index (κ2) is 10.5. The Hall–Kier alpha value is -2.50. The Bertz CT molecular complexity index is 698. The Morgan fingerprint density at radius 1 is 1.04 bits per heavy atom. The summed E-state index contributed by atoms with van der Waals surface area (Å²) in [6.07, 6.45) is 3.34. The lowest BCUT2D eigenvalue weighted by Crippen LogP contribution is -2.31. The minimum Gasteiger partial charge on any atom is -0.497 e. The third-order valence-corrected chi connectivity index (χ3v) is 3.85. The Morgan fingerprint density at radius 3 is 2.46 bits per heavy atom. The van der Waals surface area contributed by atoms with Gasteiger partial charge in [-0.05, 0) is 42.3 Å². The van der Waals surface area contributed by atoms with Crippen molar-refractivity contribution in [1.82, 2.24) is 5.32 Å². The molecule has 0 radical (unpaired) electrons. The minimum absolute atomic E-state index is 0.189. The zero-order chi connectivity index (χ0) is 18.8. The number of hydrogen-bond donors (Lipinski definition) is 2. The number of benzene rings is 2. The van der Waals surface area contributed by atoms with Crippen molar-refractivity contribution in [2.24, 2.45) is 0 Å². The zero-order valence-corrected chi connectivity index (χ0v) is 15.6. The SMILES string of the molecule is CC=Cc1ccc(OCC(O)CNCc2ccc(OC)cc2)c(OC)c1. The van der Waals surface area contributed by atoms with Gasteiger partial charge < -0.3 is 24.6 Å². The summed E-state index contributed by atoms with van der Waals surface area (Å²) in [5.74, 6) is 2.10. The molecule has 1 atom stereocenters. The van der Waals surface area contributed by atoms with Crippen LogP contribution in [0.25, 0.3) is 6.08 Å². The minimum atomic E-state index is -0.617. The second-order valence-corrected chi connectivity index (χ2v) is 5.85. The number of rotatable bonds is 10. The van der Waals surface area contributed by atoms with Crippen LogP contribution in [0.1, 0.15) is 18.1 Å². The van der Waals surface area contributed by atoms with Gasteiger partial charge >= 0.3 is 0 Å². The molecule has 0 aliphatic heterocycles. The van der Waals surface area contributed by atoms with Gasteiger partial charge in [-0.25, -0.2) is 0 Å². The van der Waals surface area contributed by atoms with Crippen LogP contribution >= 0.6 is 0 Å². The van der Waals surface area contributed by atoms with E-state index in [4.69, 9.17) is 14.2 Å². The number of nitrogens with one attached hydrogen (secondary N) is 1. The summed E-state index contributed by atoms with van der Waals surface area (Å²) in [7, 11) is 3.25. The van der Waals surface area contributed by atoms with Gasteiger partial charge in [0.15, 0.2) is 11.5 Å². The van der Waals surface area contributed by atoms with Crippen LogP contribution in [-0.2, 0) is 6.54 Å². The van der Waals surface area contributed by atoms with E-state index >= 15 is 0 Å². The quantitative estimate of drug-likeness (QED) is 0.683. The third kappa shape index (κ3) is 6.10. The predicted molar refractivity (Wildman–Crippen MR) is 104 cm³/mol. The molecule has 0 spiro atoms. The maximum absolute atomic E-state index is 10.1. The van der Waals surface area contributed by atoms with E-state index in [0.29, 0.717) is 24.6 Å². The highest BCUT2D eigenvalue weighted by Crippen LogP contribution is 2.28. The maximum Gasteiger partial charge on any atom is 0.161 e. The highest BCUT2D eigenvalue weighted by atomic mass is 16.5. The summed E-state index contributed by atoms with van der Waals surface area (Å²) in [4.78, 5) is 0. The molecule has 0 saturated heterocycles. The van der Waals surface area contributed by atoms with Crippen molar-refractivity contribution in [3.8, 4) is 17.2 Å². The Kier molecular flexibility index (Phi) is 7.99. The van der Waals surface area contributed by atoms with E-state index in [1.807, 2.05) is 61.5 Å². The molecule has 2 N–H and O–H groups in total. The molecule has 0 saturated carbocycles. The molecule has 0 heterocycles. The van der Waals surface area contributed by atoms with Gasteiger partial charge in [0.1, 0.15) is 18.5 Å². The third-order valence-electron chi connectivity index (χ3n) is 3.85. The molecule has 0 aliphatic rings. The molecule has 5 nitrogen and oxygen atoms in total. The molecule has 0 bridgehead atoms. The molecule has 1 unspecified atom stereocenters. The van der Waals surface area contributed by atoms with Gasteiger partial charge in [0.2, 0.25) is 0 Å². The summed E-state index contributed by atoms with van der Waals surface area (Å²) in [5.41, 5.74) is 2.17. The van der Waals surface area contributed by atoms with Crippen molar-refractivity contribution >= 4 is 6.08 Å². The van der Waals surface area contributed by atoms with Crippen LogP contribution in [0.2, 0.25) is 0 Å². The van der Waals surface area contributed by atoms with E-state index in [9.17, 15) is 5.11 Å². The summed E-state index contributed by atoms with van der Waals surface area (Å²) in [6.45, 7) is 3.26. The standard InChI is InChI=1S/C21H27NO4/c1-4-5-16-8-11-20(21(12-16)25-3)26-15-18(23)14-22-13-17-6-9-19(24-2)10-7-17/h4-12,18,22-23H,13-15H2,1-3H3.